The number of hydrogen-bond acceptors (Lipinski definition) is 3. The number of urea groups is 1. The molecule has 0 aromatic heterocycles. The highest BCUT2D eigenvalue weighted by Crippen LogP contribution is 2.24. The number of carbonyl (C=O) groups is 2. The molecule has 0 fully saturated rings. The third-order valence-electron chi connectivity index (χ3n) is 4.16. The summed E-state index contributed by atoms with van der Waals surface area (Å²) in [5.74, 6) is 0.744. The number of hydrogen-bond donors (Lipinski definition) is 2. The number of Topliss-reactive ketones (excluding diaryl/α,β-unsaturated/α-hetero) is 1. The Hall–Kier alpha value is -2.82. The zero-order valence-corrected chi connectivity index (χ0v) is 16.0. The van der Waals surface area contributed by atoms with Crippen molar-refractivity contribution in [2.75, 3.05) is 11.9 Å². The molecular weight excluding hydrogens is 328 g/mol. The van der Waals surface area contributed by atoms with Gasteiger partial charge in [0, 0.05) is 17.3 Å². The van der Waals surface area contributed by atoms with Crippen molar-refractivity contribution in [3.63, 3.8) is 0 Å². The van der Waals surface area contributed by atoms with Gasteiger partial charge in [0.15, 0.2) is 5.78 Å². The number of aryl methyl sites for hydroxylation is 1. The molecule has 0 bridgehead atoms. The van der Waals surface area contributed by atoms with Gasteiger partial charge >= 0.3 is 6.03 Å². The molecule has 26 heavy (non-hydrogen) atoms. The van der Waals surface area contributed by atoms with Crippen LogP contribution in [0.2, 0.25) is 0 Å². The number of ketones is 1. The highest BCUT2D eigenvalue weighted by atomic mass is 16.5. The van der Waals surface area contributed by atoms with Crippen LogP contribution in [-0.2, 0) is 5.54 Å². The molecule has 2 aromatic rings. The molecular formula is C21H26N2O3. The lowest BCUT2D eigenvalue weighted by atomic mass is 9.92. The molecule has 2 amide bonds. The van der Waals surface area contributed by atoms with Gasteiger partial charge < -0.3 is 15.4 Å². The fourth-order valence-corrected chi connectivity index (χ4v) is 2.63. The minimum Gasteiger partial charge on any atom is -0.494 e. The number of anilines is 1. The minimum atomic E-state index is -0.636. The van der Waals surface area contributed by atoms with Crippen molar-refractivity contribution in [1.82, 2.24) is 5.32 Å². The SMILES string of the molecule is CCOc1cc(NC(=O)NC(C)(C)c2cccc(C(C)=O)c2)ccc1C. The van der Waals surface area contributed by atoms with E-state index in [1.165, 1.54) is 6.92 Å². The molecule has 0 unspecified atom stereocenters. The maximum absolute atomic E-state index is 12.4. The first-order chi connectivity index (χ1) is 12.2. The largest absolute Gasteiger partial charge is 0.494 e. The summed E-state index contributed by atoms with van der Waals surface area (Å²) in [5, 5.41) is 5.79. The number of rotatable bonds is 6. The van der Waals surface area contributed by atoms with Crippen LogP contribution >= 0.6 is 0 Å². The fraction of sp³-hybridized carbons (Fsp3) is 0.333. The van der Waals surface area contributed by atoms with Crippen molar-refractivity contribution < 1.29 is 14.3 Å². The molecule has 2 aromatic carbocycles. The fourth-order valence-electron chi connectivity index (χ4n) is 2.63. The second-order valence-corrected chi connectivity index (χ2v) is 6.75. The first-order valence-electron chi connectivity index (χ1n) is 8.67. The Morgan fingerprint density at radius 1 is 1.12 bits per heavy atom. The van der Waals surface area contributed by atoms with E-state index in [0.717, 1.165) is 16.9 Å². The predicted octanol–water partition coefficient (Wildman–Crippen LogP) is 4.65. The van der Waals surface area contributed by atoms with Gasteiger partial charge in [-0.05, 0) is 57.9 Å². The monoisotopic (exact) mass is 354 g/mol. The van der Waals surface area contributed by atoms with Crippen LogP contribution in [0.15, 0.2) is 42.5 Å². The maximum Gasteiger partial charge on any atom is 0.319 e. The van der Waals surface area contributed by atoms with Crippen molar-refractivity contribution in [1.29, 1.82) is 0 Å². The molecule has 0 spiro atoms. The van der Waals surface area contributed by atoms with Gasteiger partial charge in [-0.25, -0.2) is 4.79 Å². The molecule has 0 atom stereocenters. The Bertz CT molecular complexity index is 813. The van der Waals surface area contributed by atoms with Crippen LogP contribution in [0.25, 0.3) is 0 Å². The first-order valence-corrected chi connectivity index (χ1v) is 8.67. The Morgan fingerprint density at radius 2 is 1.85 bits per heavy atom. The van der Waals surface area contributed by atoms with Gasteiger partial charge in [-0.2, -0.15) is 0 Å². The average Bonchev–Trinajstić information content (AvgIpc) is 2.57. The van der Waals surface area contributed by atoms with E-state index in [0.29, 0.717) is 17.9 Å². The highest BCUT2D eigenvalue weighted by Gasteiger charge is 2.23. The van der Waals surface area contributed by atoms with Crippen LogP contribution in [0, 0.1) is 6.92 Å². The molecule has 0 aliphatic heterocycles. The van der Waals surface area contributed by atoms with E-state index in [2.05, 4.69) is 10.6 Å². The summed E-state index contributed by atoms with van der Waals surface area (Å²) in [5.41, 5.74) is 2.52. The van der Waals surface area contributed by atoms with Crippen molar-refractivity contribution in [3.8, 4) is 5.75 Å². The molecule has 2 N–H and O–H groups in total. The minimum absolute atomic E-state index is 0.00443. The van der Waals surface area contributed by atoms with E-state index in [1.54, 1.807) is 6.07 Å². The first kappa shape index (κ1) is 19.5. The molecule has 5 heteroatoms. The van der Waals surface area contributed by atoms with Gasteiger partial charge in [-0.1, -0.05) is 24.3 Å². The summed E-state index contributed by atoms with van der Waals surface area (Å²) in [4.78, 5) is 24.0. The molecule has 0 radical (unpaired) electrons. The Labute approximate surface area is 154 Å². The van der Waals surface area contributed by atoms with Crippen LogP contribution in [0.4, 0.5) is 10.5 Å². The number of ether oxygens (including phenoxy) is 1. The van der Waals surface area contributed by atoms with Crippen molar-refractivity contribution >= 4 is 17.5 Å². The zero-order chi connectivity index (χ0) is 19.3. The number of amides is 2. The van der Waals surface area contributed by atoms with Crippen LogP contribution in [0.3, 0.4) is 0 Å². The Morgan fingerprint density at radius 3 is 2.50 bits per heavy atom. The Balaban J connectivity index is 2.12. The molecule has 2 rings (SSSR count). The van der Waals surface area contributed by atoms with E-state index in [1.807, 2.05) is 64.1 Å². The van der Waals surface area contributed by atoms with E-state index in [-0.39, 0.29) is 11.8 Å². The summed E-state index contributed by atoms with van der Waals surface area (Å²) < 4.78 is 5.56. The molecule has 0 saturated heterocycles. The maximum atomic E-state index is 12.4. The van der Waals surface area contributed by atoms with Crippen LogP contribution in [0.1, 0.15) is 49.2 Å². The lowest BCUT2D eigenvalue weighted by Crippen LogP contribution is -2.43. The van der Waals surface area contributed by atoms with Crippen molar-refractivity contribution in [2.45, 2.75) is 40.2 Å². The van der Waals surface area contributed by atoms with Gasteiger partial charge in [-0.3, -0.25) is 4.79 Å². The van der Waals surface area contributed by atoms with Crippen LogP contribution < -0.4 is 15.4 Å². The summed E-state index contributed by atoms with van der Waals surface area (Å²) >= 11 is 0. The normalized spacial score (nSPS) is 11.0. The molecule has 0 saturated carbocycles. The zero-order valence-electron chi connectivity index (χ0n) is 16.0. The van der Waals surface area contributed by atoms with Gasteiger partial charge in [-0.15, -0.1) is 0 Å². The average molecular weight is 354 g/mol. The van der Waals surface area contributed by atoms with Crippen molar-refractivity contribution in [2.24, 2.45) is 0 Å². The van der Waals surface area contributed by atoms with Gasteiger partial charge in [0.25, 0.3) is 0 Å². The van der Waals surface area contributed by atoms with E-state index in [4.69, 9.17) is 4.74 Å². The topological polar surface area (TPSA) is 67.4 Å². The van der Waals surface area contributed by atoms with E-state index < -0.39 is 5.54 Å². The van der Waals surface area contributed by atoms with Gasteiger partial charge in [0.05, 0.1) is 12.1 Å². The quantitative estimate of drug-likeness (QED) is 0.742. The second kappa shape index (κ2) is 8.04. The predicted molar refractivity (Wildman–Crippen MR) is 104 cm³/mol. The summed E-state index contributed by atoms with van der Waals surface area (Å²) in [6.07, 6.45) is 0. The summed E-state index contributed by atoms with van der Waals surface area (Å²) in [6, 6.07) is 12.5. The smallest absolute Gasteiger partial charge is 0.319 e. The Kier molecular flexibility index (Phi) is 6.03. The molecule has 0 heterocycles. The highest BCUT2D eigenvalue weighted by molar-refractivity contribution is 5.94. The number of carbonyl (C=O) groups excluding carboxylic acids is 2. The lowest BCUT2D eigenvalue weighted by Gasteiger charge is -2.27. The number of benzene rings is 2. The second-order valence-electron chi connectivity index (χ2n) is 6.75. The van der Waals surface area contributed by atoms with Gasteiger partial charge in [0.2, 0.25) is 0 Å². The third-order valence-corrected chi connectivity index (χ3v) is 4.16. The van der Waals surface area contributed by atoms with Crippen LogP contribution in [0.5, 0.6) is 5.75 Å². The molecule has 0 aliphatic rings. The van der Waals surface area contributed by atoms with Crippen LogP contribution in [-0.4, -0.2) is 18.4 Å². The third kappa shape index (κ3) is 4.85. The molecule has 0 aliphatic carbocycles. The lowest BCUT2D eigenvalue weighted by molar-refractivity contribution is 0.101. The van der Waals surface area contributed by atoms with Crippen molar-refractivity contribution in [3.05, 3.63) is 59.2 Å². The van der Waals surface area contributed by atoms with Gasteiger partial charge in [0.1, 0.15) is 5.75 Å². The number of nitrogens with one attached hydrogen (secondary N) is 2. The molecule has 5 nitrogen and oxygen atoms in total. The summed E-state index contributed by atoms with van der Waals surface area (Å²) in [7, 11) is 0. The summed E-state index contributed by atoms with van der Waals surface area (Å²) in [6.45, 7) is 9.76. The standard InChI is InChI=1S/C21H26N2O3/c1-6-26-19-13-18(11-10-14(19)2)22-20(25)23-21(4,5)17-9-7-8-16(12-17)15(3)24/h7-13H,6H2,1-5H3,(H2,22,23,25). The van der Waals surface area contributed by atoms with E-state index >= 15 is 0 Å². The van der Waals surface area contributed by atoms with E-state index in [9.17, 15) is 9.59 Å². The molecule has 138 valence electrons.